The fourth-order valence-corrected chi connectivity index (χ4v) is 3.88. The van der Waals surface area contributed by atoms with E-state index in [2.05, 4.69) is 20.5 Å². The predicted octanol–water partition coefficient (Wildman–Crippen LogP) is 4.00. The number of benzene rings is 2. The summed E-state index contributed by atoms with van der Waals surface area (Å²) in [6.07, 6.45) is 3.90. The first-order valence-electron chi connectivity index (χ1n) is 10.2. The highest BCUT2D eigenvalue weighted by Crippen LogP contribution is 2.33. The molecule has 1 atom stereocenters. The summed E-state index contributed by atoms with van der Waals surface area (Å²) in [5, 5.41) is 6.52. The summed E-state index contributed by atoms with van der Waals surface area (Å²) in [7, 11) is 1.63. The molecule has 1 unspecified atom stereocenters. The van der Waals surface area contributed by atoms with Crippen molar-refractivity contribution in [2.24, 2.45) is 0 Å². The van der Waals surface area contributed by atoms with Gasteiger partial charge in [-0.2, -0.15) is 0 Å². The fraction of sp³-hybridized carbons (Fsp3) is 0.208. The highest BCUT2D eigenvalue weighted by Gasteiger charge is 2.26. The Morgan fingerprint density at radius 2 is 1.94 bits per heavy atom. The van der Waals surface area contributed by atoms with Crippen LogP contribution >= 0.6 is 11.6 Å². The fourth-order valence-electron chi connectivity index (χ4n) is 3.71. The van der Waals surface area contributed by atoms with Crippen LogP contribution in [0.5, 0.6) is 5.75 Å². The highest BCUT2D eigenvalue weighted by atomic mass is 35.5. The van der Waals surface area contributed by atoms with E-state index in [9.17, 15) is 9.59 Å². The first-order chi connectivity index (χ1) is 15.5. The molecule has 0 radical (unpaired) electrons. The lowest BCUT2D eigenvalue weighted by Crippen LogP contribution is -2.37. The van der Waals surface area contributed by atoms with E-state index in [0.29, 0.717) is 28.4 Å². The number of methoxy groups -OCH3 is 1. The van der Waals surface area contributed by atoms with Crippen molar-refractivity contribution >= 4 is 34.8 Å². The number of ether oxygens (including phenoxy) is 1. The van der Waals surface area contributed by atoms with Crippen LogP contribution < -0.4 is 20.3 Å². The Morgan fingerprint density at radius 3 is 2.72 bits per heavy atom. The average Bonchev–Trinajstić information content (AvgIpc) is 3.28. The third-order valence-electron chi connectivity index (χ3n) is 5.31. The van der Waals surface area contributed by atoms with Crippen LogP contribution in [0.15, 0.2) is 67.0 Å². The monoisotopic (exact) mass is 450 g/mol. The molecule has 2 amide bonds. The quantitative estimate of drug-likeness (QED) is 0.593. The number of rotatable bonds is 6. The number of carbonyl (C=O) groups excluding carboxylic acids is 2. The summed E-state index contributed by atoms with van der Waals surface area (Å²) < 4.78 is 5.45. The maximum absolute atomic E-state index is 12.8. The summed E-state index contributed by atoms with van der Waals surface area (Å²) in [6, 6.07) is 15.7. The third-order valence-corrected chi connectivity index (χ3v) is 5.55. The second kappa shape index (κ2) is 9.70. The van der Waals surface area contributed by atoms with E-state index >= 15 is 0 Å². The van der Waals surface area contributed by atoms with Gasteiger partial charge in [0, 0.05) is 47.8 Å². The van der Waals surface area contributed by atoms with Gasteiger partial charge >= 0.3 is 0 Å². The van der Waals surface area contributed by atoms with Crippen molar-refractivity contribution in [2.75, 3.05) is 30.4 Å². The minimum atomic E-state index is -0.280. The zero-order chi connectivity index (χ0) is 22.5. The van der Waals surface area contributed by atoms with Gasteiger partial charge in [0.1, 0.15) is 5.75 Å². The van der Waals surface area contributed by atoms with Gasteiger partial charge in [-0.05, 0) is 55.0 Å². The zero-order valence-corrected chi connectivity index (χ0v) is 18.3. The Bertz CT molecular complexity index is 1120. The molecule has 1 aliphatic heterocycles. The molecule has 0 aliphatic carbocycles. The van der Waals surface area contributed by atoms with Crippen molar-refractivity contribution in [3.8, 4) is 5.75 Å². The molecule has 1 saturated heterocycles. The lowest BCUT2D eigenvalue weighted by atomic mass is 10.1. The molecule has 1 aliphatic rings. The smallest absolute Gasteiger partial charge is 0.257 e. The molecule has 0 spiro atoms. The number of hydrogen-bond acceptors (Lipinski definition) is 5. The van der Waals surface area contributed by atoms with Crippen molar-refractivity contribution in [2.45, 2.75) is 12.5 Å². The maximum Gasteiger partial charge on any atom is 0.257 e. The molecule has 2 aromatic carbocycles. The minimum Gasteiger partial charge on any atom is -0.495 e. The number of hydrogen-bond donors (Lipinski definition) is 2. The third kappa shape index (κ3) is 5.00. The summed E-state index contributed by atoms with van der Waals surface area (Å²) in [5.41, 5.74) is 2.39. The van der Waals surface area contributed by atoms with Crippen LogP contribution in [0.1, 0.15) is 27.1 Å². The van der Waals surface area contributed by atoms with Crippen molar-refractivity contribution < 1.29 is 14.3 Å². The van der Waals surface area contributed by atoms with Gasteiger partial charge in [0.2, 0.25) is 0 Å². The van der Waals surface area contributed by atoms with Gasteiger partial charge in [-0.1, -0.05) is 17.7 Å². The second-order valence-electron chi connectivity index (χ2n) is 7.50. The number of carbonyl (C=O) groups is 2. The molecular formula is C24H23ClN4O3. The van der Waals surface area contributed by atoms with Crippen molar-refractivity contribution in [3.05, 3.63) is 83.1 Å². The van der Waals surface area contributed by atoms with Crippen LogP contribution in [0.3, 0.4) is 0 Å². The highest BCUT2D eigenvalue weighted by molar-refractivity contribution is 6.31. The molecule has 32 heavy (non-hydrogen) atoms. The lowest BCUT2D eigenvalue weighted by molar-refractivity contribution is 0.0939. The number of halogens is 1. The Labute approximate surface area is 191 Å². The van der Waals surface area contributed by atoms with E-state index in [1.165, 1.54) is 6.20 Å². The van der Waals surface area contributed by atoms with Crippen LogP contribution in [0.4, 0.5) is 11.4 Å². The standard InChI is InChI=1S/C24H23ClN4O3/c1-32-22-8-7-18(25)13-21(22)29-11-9-20(15-29)28-23(30)16-4-2-6-19(12-16)27-24(31)17-5-3-10-26-14-17/h2-8,10,12-14,20H,9,11,15H2,1H3,(H,27,31)(H,28,30). The Morgan fingerprint density at radius 1 is 1.09 bits per heavy atom. The first kappa shape index (κ1) is 21.6. The summed E-state index contributed by atoms with van der Waals surface area (Å²) >= 11 is 6.16. The molecule has 164 valence electrons. The zero-order valence-electron chi connectivity index (χ0n) is 17.5. The molecular weight excluding hydrogens is 428 g/mol. The van der Waals surface area contributed by atoms with E-state index in [4.69, 9.17) is 16.3 Å². The van der Waals surface area contributed by atoms with Crippen LogP contribution in [0, 0.1) is 0 Å². The summed E-state index contributed by atoms with van der Waals surface area (Å²) in [4.78, 5) is 31.3. The normalized spacial score (nSPS) is 15.3. The first-order valence-corrected chi connectivity index (χ1v) is 10.6. The van der Waals surface area contributed by atoms with Gasteiger partial charge in [-0.3, -0.25) is 14.6 Å². The number of nitrogens with zero attached hydrogens (tertiary/aromatic N) is 2. The van der Waals surface area contributed by atoms with E-state index in [0.717, 1.165) is 24.4 Å². The van der Waals surface area contributed by atoms with Gasteiger partial charge in [0.25, 0.3) is 11.8 Å². The van der Waals surface area contributed by atoms with E-state index < -0.39 is 0 Å². The number of aromatic nitrogens is 1. The SMILES string of the molecule is COc1ccc(Cl)cc1N1CCC(NC(=O)c2cccc(NC(=O)c3cccnc3)c2)C1. The summed E-state index contributed by atoms with van der Waals surface area (Å²) in [5.74, 6) is 0.281. The molecule has 2 N–H and O–H groups in total. The number of pyridine rings is 1. The largest absolute Gasteiger partial charge is 0.495 e. The number of anilines is 2. The lowest BCUT2D eigenvalue weighted by Gasteiger charge is -2.22. The van der Waals surface area contributed by atoms with Gasteiger partial charge in [-0.25, -0.2) is 0 Å². The molecule has 7 nitrogen and oxygen atoms in total. The molecule has 1 fully saturated rings. The Balaban J connectivity index is 1.39. The van der Waals surface area contributed by atoms with Gasteiger partial charge in [-0.15, -0.1) is 0 Å². The maximum atomic E-state index is 12.8. The van der Waals surface area contributed by atoms with Crippen molar-refractivity contribution in [1.82, 2.24) is 10.3 Å². The number of nitrogens with one attached hydrogen (secondary N) is 2. The molecule has 8 heteroatoms. The molecule has 0 bridgehead atoms. The molecule has 1 aromatic heterocycles. The Kier molecular flexibility index (Phi) is 6.56. The number of amides is 2. The Hall–Kier alpha value is -3.58. The minimum absolute atomic E-state index is 0.0140. The van der Waals surface area contributed by atoms with E-state index in [1.807, 2.05) is 12.1 Å². The molecule has 3 aromatic rings. The van der Waals surface area contributed by atoms with Crippen LogP contribution in [0.25, 0.3) is 0 Å². The summed E-state index contributed by atoms with van der Waals surface area (Å²) in [6.45, 7) is 1.43. The molecule has 2 heterocycles. The van der Waals surface area contributed by atoms with Crippen molar-refractivity contribution in [1.29, 1.82) is 0 Å². The van der Waals surface area contributed by atoms with Crippen LogP contribution in [-0.4, -0.2) is 43.0 Å². The predicted molar refractivity (Wildman–Crippen MR) is 125 cm³/mol. The average molecular weight is 451 g/mol. The second-order valence-corrected chi connectivity index (χ2v) is 7.93. The van der Waals surface area contributed by atoms with E-state index in [1.54, 1.807) is 55.8 Å². The molecule has 0 saturated carbocycles. The van der Waals surface area contributed by atoms with Crippen LogP contribution in [0.2, 0.25) is 5.02 Å². The van der Waals surface area contributed by atoms with Crippen molar-refractivity contribution in [3.63, 3.8) is 0 Å². The molecule has 4 rings (SSSR count). The van der Waals surface area contributed by atoms with Gasteiger partial charge in [0.05, 0.1) is 18.4 Å². The van der Waals surface area contributed by atoms with Crippen LogP contribution in [-0.2, 0) is 0 Å². The van der Waals surface area contributed by atoms with E-state index in [-0.39, 0.29) is 17.9 Å². The topological polar surface area (TPSA) is 83.6 Å². The van der Waals surface area contributed by atoms with Gasteiger partial charge < -0.3 is 20.3 Å². The van der Waals surface area contributed by atoms with Gasteiger partial charge in [0.15, 0.2) is 0 Å².